The van der Waals surface area contributed by atoms with Gasteiger partial charge in [0.25, 0.3) is 0 Å². The summed E-state index contributed by atoms with van der Waals surface area (Å²) in [4.78, 5) is 12.1. The van der Waals surface area contributed by atoms with Crippen molar-refractivity contribution in [1.29, 1.82) is 0 Å². The quantitative estimate of drug-likeness (QED) is 0.704. The topological polar surface area (TPSA) is 17.1 Å². The van der Waals surface area contributed by atoms with Gasteiger partial charge in [0.2, 0.25) is 0 Å². The lowest BCUT2D eigenvalue weighted by Gasteiger charge is -2.22. The highest BCUT2D eigenvalue weighted by atomic mass is 35.5. The second-order valence-corrected chi connectivity index (χ2v) is 5.98. The highest BCUT2D eigenvalue weighted by molar-refractivity contribution is 6.31. The molecule has 0 aromatic heterocycles. The van der Waals surface area contributed by atoms with Crippen LogP contribution in [0.15, 0.2) is 24.3 Å². The Morgan fingerprint density at radius 3 is 2.50 bits per heavy atom. The van der Waals surface area contributed by atoms with Crippen molar-refractivity contribution in [2.75, 3.05) is 0 Å². The molecule has 1 aromatic carbocycles. The van der Waals surface area contributed by atoms with Gasteiger partial charge >= 0.3 is 0 Å². The molecule has 0 fully saturated rings. The number of Topliss-reactive ketones (excluding diaryl/α,β-unsaturated/α-hetero) is 1. The van der Waals surface area contributed by atoms with Crippen molar-refractivity contribution in [3.63, 3.8) is 0 Å². The van der Waals surface area contributed by atoms with Gasteiger partial charge in [0.05, 0.1) is 0 Å². The fourth-order valence-electron chi connectivity index (χ4n) is 1.94. The average molecular weight is 239 g/mol. The van der Waals surface area contributed by atoms with Gasteiger partial charge in [-0.25, -0.2) is 0 Å². The number of hydrogen-bond acceptors (Lipinski definition) is 1. The molecule has 0 aliphatic rings. The highest BCUT2D eigenvalue weighted by Crippen LogP contribution is 2.26. The van der Waals surface area contributed by atoms with Gasteiger partial charge < -0.3 is 0 Å². The molecule has 0 spiro atoms. The highest BCUT2D eigenvalue weighted by Gasteiger charge is 2.21. The van der Waals surface area contributed by atoms with Crippen LogP contribution in [-0.4, -0.2) is 5.78 Å². The van der Waals surface area contributed by atoms with E-state index in [9.17, 15) is 4.79 Å². The maximum Gasteiger partial charge on any atom is 0.165 e. The summed E-state index contributed by atoms with van der Waals surface area (Å²) >= 11 is 5.87. The second-order valence-electron chi connectivity index (χ2n) is 5.54. The van der Waals surface area contributed by atoms with Gasteiger partial charge in [0, 0.05) is 16.5 Å². The summed E-state index contributed by atoms with van der Waals surface area (Å²) in [5, 5.41) is 0.619. The van der Waals surface area contributed by atoms with Gasteiger partial charge in [0.15, 0.2) is 5.78 Å². The Labute approximate surface area is 103 Å². The third-order valence-corrected chi connectivity index (χ3v) is 2.71. The number of ketones is 1. The molecule has 1 aromatic rings. The van der Waals surface area contributed by atoms with Crippen LogP contribution in [0.1, 0.15) is 44.5 Å². The largest absolute Gasteiger partial charge is 0.294 e. The van der Waals surface area contributed by atoms with Crippen LogP contribution in [0.5, 0.6) is 0 Å². The molecular formula is C14H19ClO. The van der Waals surface area contributed by atoms with E-state index in [0.29, 0.717) is 10.6 Å². The zero-order chi connectivity index (χ0) is 12.3. The summed E-state index contributed by atoms with van der Waals surface area (Å²) in [7, 11) is 0. The number of carbonyl (C=O) groups excluding carboxylic acids is 1. The fourth-order valence-corrected chi connectivity index (χ4v) is 2.13. The van der Waals surface area contributed by atoms with Crippen molar-refractivity contribution in [1.82, 2.24) is 0 Å². The summed E-state index contributed by atoms with van der Waals surface area (Å²) in [6.07, 6.45) is 0.887. The molecule has 0 unspecified atom stereocenters. The zero-order valence-corrected chi connectivity index (χ0v) is 11.1. The van der Waals surface area contributed by atoms with Gasteiger partial charge in [-0.2, -0.15) is 0 Å². The Kier molecular flexibility index (Phi) is 4.15. The SMILES string of the molecule is C[C@@H](CC(C)(C)C)C(=O)c1cccc(Cl)c1. The Bertz CT molecular complexity index is 377. The van der Waals surface area contributed by atoms with Gasteiger partial charge in [-0.15, -0.1) is 0 Å². The van der Waals surface area contributed by atoms with E-state index >= 15 is 0 Å². The lowest BCUT2D eigenvalue weighted by Crippen LogP contribution is -2.18. The van der Waals surface area contributed by atoms with Gasteiger partial charge in [0.1, 0.15) is 0 Å². The lowest BCUT2D eigenvalue weighted by molar-refractivity contribution is 0.0897. The first-order chi connectivity index (χ1) is 7.29. The van der Waals surface area contributed by atoms with E-state index in [0.717, 1.165) is 6.42 Å². The molecule has 0 N–H and O–H groups in total. The Morgan fingerprint density at radius 2 is 2.00 bits per heavy atom. The molecule has 0 saturated heterocycles. The summed E-state index contributed by atoms with van der Waals surface area (Å²) in [6.45, 7) is 8.42. The Morgan fingerprint density at radius 1 is 1.38 bits per heavy atom. The lowest BCUT2D eigenvalue weighted by atomic mass is 9.82. The predicted molar refractivity (Wildman–Crippen MR) is 69.0 cm³/mol. The molecule has 2 heteroatoms. The maximum absolute atomic E-state index is 12.1. The van der Waals surface area contributed by atoms with E-state index in [1.807, 2.05) is 19.1 Å². The van der Waals surface area contributed by atoms with Crippen LogP contribution in [0.4, 0.5) is 0 Å². The van der Waals surface area contributed by atoms with Gasteiger partial charge in [-0.05, 0) is 24.0 Å². The van der Waals surface area contributed by atoms with Crippen molar-refractivity contribution in [2.24, 2.45) is 11.3 Å². The minimum atomic E-state index is 0.0402. The van der Waals surface area contributed by atoms with Crippen LogP contribution in [0.3, 0.4) is 0 Å². The van der Waals surface area contributed by atoms with E-state index in [-0.39, 0.29) is 17.1 Å². The minimum absolute atomic E-state index is 0.0402. The summed E-state index contributed by atoms with van der Waals surface area (Å²) in [6, 6.07) is 7.17. The zero-order valence-electron chi connectivity index (χ0n) is 10.4. The van der Waals surface area contributed by atoms with Crippen LogP contribution in [0.25, 0.3) is 0 Å². The standard InChI is InChI=1S/C14H19ClO/c1-10(9-14(2,3)4)13(16)11-6-5-7-12(15)8-11/h5-8,10H,9H2,1-4H3/t10-/m0/s1. The first-order valence-corrected chi connectivity index (χ1v) is 5.97. The van der Waals surface area contributed by atoms with Crippen LogP contribution in [0.2, 0.25) is 5.02 Å². The molecule has 0 aliphatic carbocycles. The van der Waals surface area contributed by atoms with Gasteiger partial charge in [-0.1, -0.05) is 51.4 Å². The van der Waals surface area contributed by atoms with Gasteiger partial charge in [-0.3, -0.25) is 4.79 Å². The maximum atomic E-state index is 12.1. The van der Waals surface area contributed by atoms with E-state index < -0.39 is 0 Å². The third-order valence-electron chi connectivity index (χ3n) is 2.48. The number of benzene rings is 1. The van der Waals surface area contributed by atoms with Crippen molar-refractivity contribution in [2.45, 2.75) is 34.1 Å². The Hall–Kier alpha value is -0.820. The first kappa shape index (κ1) is 13.2. The molecule has 0 heterocycles. The molecule has 16 heavy (non-hydrogen) atoms. The molecular weight excluding hydrogens is 220 g/mol. The number of hydrogen-bond donors (Lipinski definition) is 0. The molecule has 0 bridgehead atoms. The smallest absolute Gasteiger partial charge is 0.165 e. The third kappa shape index (κ3) is 3.97. The summed E-state index contributed by atoms with van der Waals surface area (Å²) in [5.74, 6) is 0.218. The molecule has 1 rings (SSSR count). The second kappa shape index (κ2) is 5.01. The molecule has 1 atom stereocenters. The van der Waals surface area contributed by atoms with Crippen molar-refractivity contribution in [3.05, 3.63) is 34.9 Å². The van der Waals surface area contributed by atoms with Crippen molar-refractivity contribution < 1.29 is 4.79 Å². The normalized spacial score (nSPS) is 13.6. The molecule has 0 aliphatic heterocycles. The molecule has 0 saturated carbocycles. The van der Waals surface area contributed by atoms with E-state index in [4.69, 9.17) is 11.6 Å². The van der Waals surface area contributed by atoms with Crippen LogP contribution in [0, 0.1) is 11.3 Å². The fraction of sp³-hybridized carbons (Fsp3) is 0.500. The van der Waals surface area contributed by atoms with E-state index in [1.165, 1.54) is 0 Å². The molecule has 88 valence electrons. The van der Waals surface area contributed by atoms with E-state index in [2.05, 4.69) is 20.8 Å². The van der Waals surface area contributed by atoms with E-state index in [1.54, 1.807) is 12.1 Å². The molecule has 0 amide bonds. The number of carbonyl (C=O) groups is 1. The minimum Gasteiger partial charge on any atom is -0.294 e. The summed E-state index contributed by atoms with van der Waals surface area (Å²) in [5.41, 5.74) is 0.887. The predicted octanol–water partition coefficient (Wildman–Crippen LogP) is 4.60. The van der Waals surface area contributed by atoms with Crippen LogP contribution >= 0.6 is 11.6 Å². The van der Waals surface area contributed by atoms with Crippen molar-refractivity contribution >= 4 is 17.4 Å². The number of rotatable bonds is 3. The summed E-state index contributed by atoms with van der Waals surface area (Å²) < 4.78 is 0. The molecule has 0 radical (unpaired) electrons. The first-order valence-electron chi connectivity index (χ1n) is 5.59. The molecule has 1 nitrogen and oxygen atoms in total. The van der Waals surface area contributed by atoms with Crippen LogP contribution in [-0.2, 0) is 0 Å². The van der Waals surface area contributed by atoms with Crippen LogP contribution < -0.4 is 0 Å². The number of halogens is 1. The monoisotopic (exact) mass is 238 g/mol. The van der Waals surface area contributed by atoms with Crippen molar-refractivity contribution in [3.8, 4) is 0 Å². The average Bonchev–Trinajstić information content (AvgIpc) is 2.14. The Balaban J connectivity index is 2.78.